The van der Waals surface area contributed by atoms with Crippen molar-refractivity contribution in [1.29, 1.82) is 0 Å². The maximum atomic E-state index is 12.0. The number of carbonyl (C=O) groups excluding carboxylic acids is 2. The van der Waals surface area contributed by atoms with Gasteiger partial charge in [0.05, 0.1) is 16.8 Å². The van der Waals surface area contributed by atoms with Gasteiger partial charge in [0.2, 0.25) is 5.91 Å². The van der Waals surface area contributed by atoms with Crippen LogP contribution in [0.25, 0.3) is 10.9 Å². The normalized spacial score (nSPS) is 10.5. The maximum absolute atomic E-state index is 12.0. The Morgan fingerprint density at radius 3 is 2.32 bits per heavy atom. The molecule has 0 radical (unpaired) electrons. The molecule has 25 heavy (non-hydrogen) atoms. The van der Waals surface area contributed by atoms with Crippen molar-refractivity contribution >= 4 is 55.6 Å². The van der Waals surface area contributed by atoms with Gasteiger partial charge >= 0.3 is 0 Å². The van der Waals surface area contributed by atoms with Crippen molar-refractivity contribution in [3.05, 3.63) is 58.7 Å². The van der Waals surface area contributed by atoms with Crippen LogP contribution < -0.4 is 10.6 Å². The van der Waals surface area contributed by atoms with Gasteiger partial charge < -0.3 is 10.6 Å². The molecule has 5 nitrogen and oxygen atoms in total. The first-order valence-electron chi connectivity index (χ1n) is 7.68. The number of nitrogens with one attached hydrogen (secondary N) is 2. The molecule has 0 spiro atoms. The monoisotopic (exact) mass is 397 g/mol. The Balaban J connectivity index is 2.04. The average Bonchev–Trinajstić information content (AvgIpc) is 2.56. The Morgan fingerprint density at radius 2 is 1.68 bits per heavy atom. The standard InChI is InChI=1S/C19H16BrN3O2/c1-11(24)17-10-21-18-8-3-13(20)9-16(18)19(17)23-15-6-4-14(5-7-15)22-12(2)25/h3-10H,1-2H3,(H,21,23)(H,22,25). The topological polar surface area (TPSA) is 71.1 Å². The summed E-state index contributed by atoms with van der Waals surface area (Å²) < 4.78 is 0.909. The van der Waals surface area contributed by atoms with Crippen molar-refractivity contribution in [2.45, 2.75) is 13.8 Å². The van der Waals surface area contributed by atoms with Gasteiger partial charge in [-0.05, 0) is 49.4 Å². The van der Waals surface area contributed by atoms with Crippen LogP contribution in [0.4, 0.5) is 17.1 Å². The number of amides is 1. The molecule has 6 heteroatoms. The summed E-state index contributed by atoms with van der Waals surface area (Å²) in [5.74, 6) is -0.184. The zero-order chi connectivity index (χ0) is 18.0. The van der Waals surface area contributed by atoms with Crippen molar-refractivity contribution in [2.75, 3.05) is 10.6 Å². The van der Waals surface area contributed by atoms with E-state index in [-0.39, 0.29) is 11.7 Å². The molecule has 1 aromatic heterocycles. The van der Waals surface area contributed by atoms with Crippen LogP contribution in [-0.2, 0) is 4.79 Å². The molecule has 0 aliphatic rings. The Hall–Kier alpha value is -2.73. The number of fused-ring (bicyclic) bond motifs is 1. The highest BCUT2D eigenvalue weighted by Gasteiger charge is 2.13. The van der Waals surface area contributed by atoms with Crippen molar-refractivity contribution < 1.29 is 9.59 Å². The van der Waals surface area contributed by atoms with Crippen molar-refractivity contribution in [1.82, 2.24) is 4.98 Å². The van der Waals surface area contributed by atoms with Gasteiger partial charge in [0.1, 0.15) is 0 Å². The number of hydrogen-bond donors (Lipinski definition) is 2. The summed E-state index contributed by atoms with van der Waals surface area (Å²) in [6, 6.07) is 13.0. The number of anilines is 3. The second kappa shape index (κ2) is 7.03. The first kappa shape index (κ1) is 17.1. The fraction of sp³-hybridized carbons (Fsp3) is 0.105. The molecule has 2 aromatic carbocycles. The number of nitrogens with zero attached hydrogens (tertiary/aromatic N) is 1. The third kappa shape index (κ3) is 3.85. The molecule has 0 bridgehead atoms. The lowest BCUT2D eigenvalue weighted by atomic mass is 10.1. The van der Waals surface area contributed by atoms with Crippen molar-refractivity contribution in [2.24, 2.45) is 0 Å². The predicted molar refractivity (Wildman–Crippen MR) is 103 cm³/mol. The number of carbonyl (C=O) groups is 2. The van der Waals surface area contributed by atoms with Crippen molar-refractivity contribution in [3.8, 4) is 0 Å². The van der Waals surface area contributed by atoms with E-state index in [4.69, 9.17) is 0 Å². The summed E-state index contributed by atoms with van der Waals surface area (Å²) in [5, 5.41) is 6.89. The summed E-state index contributed by atoms with van der Waals surface area (Å²) >= 11 is 3.47. The Morgan fingerprint density at radius 1 is 1.00 bits per heavy atom. The molecular formula is C19H16BrN3O2. The highest BCUT2D eigenvalue weighted by molar-refractivity contribution is 9.10. The molecule has 1 amide bonds. The van der Waals surface area contributed by atoms with E-state index in [9.17, 15) is 9.59 Å². The minimum Gasteiger partial charge on any atom is -0.354 e. The Labute approximate surface area is 153 Å². The van der Waals surface area contributed by atoms with E-state index in [1.54, 1.807) is 18.3 Å². The van der Waals surface area contributed by atoms with Gasteiger partial charge in [-0.15, -0.1) is 0 Å². The molecule has 0 saturated carbocycles. The summed E-state index contributed by atoms with van der Waals surface area (Å²) in [6.45, 7) is 2.98. The fourth-order valence-corrected chi connectivity index (χ4v) is 2.91. The zero-order valence-electron chi connectivity index (χ0n) is 13.8. The molecule has 0 aliphatic carbocycles. The van der Waals surface area contributed by atoms with Crippen LogP contribution in [-0.4, -0.2) is 16.7 Å². The van der Waals surface area contributed by atoms with E-state index in [2.05, 4.69) is 31.5 Å². The number of halogens is 1. The average molecular weight is 398 g/mol. The number of pyridine rings is 1. The summed E-state index contributed by atoms with van der Waals surface area (Å²) in [7, 11) is 0. The van der Waals surface area contributed by atoms with Gasteiger partial charge in [-0.25, -0.2) is 0 Å². The van der Waals surface area contributed by atoms with E-state index in [0.717, 1.165) is 21.1 Å². The maximum Gasteiger partial charge on any atom is 0.221 e. The summed E-state index contributed by atoms with van der Waals surface area (Å²) in [6.07, 6.45) is 1.59. The SMILES string of the molecule is CC(=O)Nc1ccc(Nc2c(C(C)=O)cnc3ccc(Br)cc23)cc1. The van der Waals surface area contributed by atoms with E-state index in [1.807, 2.05) is 30.3 Å². The van der Waals surface area contributed by atoms with E-state index in [1.165, 1.54) is 13.8 Å². The van der Waals surface area contributed by atoms with Gasteiger partial charge in [0.15, 0.2) is 5.78 Å². The number of hydrogen-bond acceptors (Lipinski definition) is 4. The second-order valence-corrected chi connectivity index (χ2v) is 6.56. The van der Waals surface area contributed by atoms with Gasteiger partial charge in [-0.2, -0.15) is 0 Å². The van der Waals surface area contributed by atoms with Crippen LogP contribution in [0.3, 0.4) is 0 Å². The number of ketones is 1. The smallest absolute Gasteiger partial charge is 0.221 e. The quantitative estimate of drug-likeness (QED) is 0.614. The minimum atomic E-state index is -0.121. The molecule has 3 aromatic rings. The molecule has 2 N–H and O–H groups in total. The lowest BCUT2D eigenvalue weighted by Gasteiger charge is -2.14. The van der Waals surface area contributed by atoms with Crippen molar-refractivity contribution in [3.63, 3.8) is 0 Å². The van der Waals surface area contributed by atoms with Crippen LogP contribution in [0.1, 0.15) is 24.2 Å². The lowest BCUT2D eigenvalue weighted by Crippen LogP contribution is -2.06. The van der Waals surface area contributed by atoms with Crippen LogP contribution in [0.2, 0.25) is 0 Å². The zero-order valence-corrected chi connectivity index (χ0v) is 15.3. The predicted octanol–water partition coefficient (Wildman–Crippen LogP) is 4.90. The van der Waals surface area contributed by atoms with Crippen LogP contribution in [0.15, 0.2) is 53.1 Å². The number of aromatic nitrogens is 1. The highest BCUT2D eigenvalue weighted by atomic mass is 79.9. The molecule has 0 saturated heterocycles. The Bertz CT molecular complexity index is 968. The van der Waals surface area contributed by atoms with Gasteiger partial charge in [0.25, 0.3) is 0 Å². The molecule has 0 aliphatic heterocycles. The first-order valence-corrected chi connectivity index (χ1v) is 8.47. The molecule has 0 atom stereocenters. The van der Waals surface area contributed by atoms with Crippen LogP contribution >= 0.6 is 15.9 Å². The number of benzene rings is 2. The largest absolute Gasteiger partial charge is 0.354 e. The van der Waals surface area contributed by atoms with Gasteiger partial charge in [-0.1, -0.05) is 15.9 Å². The molecular weight excluding hydrogens is 382 g/mol. The third-order valence-corrected chi connectivity index (χ3v) is 4.18. The third-order valence-electron chi connectivity index (χ3n) is 3.68. The van der Waals surface area contributed by atoms with E-state index < -0.39 is 0 Å². The Kier molecular flexibility index (Phi) is 4.81. The molecule has 3 rings (SSSR count). The fourth-order valence-electron chi connectivity index (χ4n) is 2.55. The molecule has 1 heterocycles. The summed E-state index contributed by atoms with van der Waals surface area (Å²) in [4.78, 5) is 27.5. The minimum absolute atomic E-state index is 0.0632. The lowest BCUT2D eigenvalue weighted by molar-refractivity contribution is -0.114. The second-order valence-electron chi connectivity index (χ2n) is 5.65. The van der Waals surface area contributed by atoms with Gasteiger partial charge in [-0.3, -0.25) is 14.6 Å². The summed E-state index contributed by atoms with van der Waals surface area (Å²) in [5.41, 5.74) is 3.56. The van der Waals surface area contributed by atoms with E-state index >= 15 is 0 Å². The number of Topliss-reactive ketones (excluding diaryl/α,β-unsaturated/α-hetero) is 1. The molecule has 126 valence electrons. The van der Waals surface area contributed by atoms with Crippen LogP contribution in [0, 0.1) is 0 Å². The van der Waals surface area contributed by atoms with Crippen LogP contribution in [0.5, 0.6) is 0 Å². The highest BCUT2D eigenvalue weighted by Crippen LogP contribution is 2.31. The molecule has 0 fully saturated rings. The number of rotatable bonds is 4. The van der Waals surface area contributed by atoms with E-state index in [0.29, 0.717) is 16.9 Å². The molecule has 0 unspecified atom stereocenters. The first-order chi connectivity index (χ1) is 11.9. The van der Waals surface area contributed by atoms with Gasteiger partial charge in [0, 0.05) is 34.4 Å².